The largest absolute Gasteiger partial charge is 0.586 e. The number of hydrogen-bond donors (Lipinski definition) is 2. The van der Waals surface area contributed by atoms with Gasteiger partial charge in [-0.25, -0.2) is 13.4 Å². The Morgan fingerprint density at radius 3 is 2.34 bits per heavy atom. The van der Waals surface area contributed by atoms with E-state index in [1.54, 1.807) is 63.2 Å². The van der Waals surface area contributed by atoms with Gasteiger partial charge in [0.15, 0.2) is 11.5 Å². The zero-order valence-electron chi connectivity index (χ0n) is 24.9. The summed E-state index contributed by atoms with van der Waals surface area (Å²) < 4.78 is 64.6. The second kappa shape index (κ2) is 14.8. The highest BCUT2D eigenvalue weighted by Gasteiger charge is 2.44. The number of carbonyl (C=O) groups excluding carboxylic acids is 2. The molecule has 2 atom stereocenters. The van der Waals surface area contributed by atoms with E-state index in [0.717, 1.165) is 27.5 Å². The normalized spacial score (nSPS) is 15.2. The Kier molecular flexibility index (Phi) is 11.6. The lowest BCUT2D eigenvalue weighted by Gasteiger charge is -2.37. The van der Waals surface area contributed by atoms with Crippen LogP contribution in [-0.2, 0) is 26.0 Å². The first kappa shape index (κ1) is 34.6. The maximum Gasteiger partial charge on any atom is 0.586 e. The molecule has 2 amide bonds. The first-order valence-corrected chi connectivity index (χ1v) is 15.3. The fraction of sp³-hybridized carbons (Fsp3) is 0.483. The van der Waals surface area contributed by atoms with Gasteiger partial charge in [-0.2, -0.15) is 9.57 Å². The third-order valence-corrected chi connectivity index (χ3v) is 8.29. The molecule has 0 unspecified atom stereocenters. The summed E-state index contributed by atoms with van der Waals surface area (Å²) in [5.41, 5.74) is 3.23. The Hall–Kier alpha value is -3.84. The Bertz CT molecular complexity index is 1450. The number of hydrogen-bond acceptors (Lipinski definition) is 9. The van der Waals surface area contributed by atoms with Gasteiger partial charge < -0.3 is 19.5 Å². The van der Waals surface area contributed by atoms with Gasteiger partial charge in [0.2, 0.25) is 15.9 Å². The smallest absolute Gasteiger partial charge is 0.395 e. The summed E-state index contributed by atoms with van der Waals surface area (Å²) in [6, 6.07) is 12.6. The summed E-state index contributed by atoms with van der Waals surface area (Å²) in [5.74, 6) is -2.22. The average Bonchev–Trinajstić information content (AvgIpc) is 3.26. The van der Waals surface area contributed by atoms with Gasteiger partial charge >= 0.3 is 6.29 Å². The molecule has 3 rings (SSSR count). The van der Waals surface area contributed by atoms with Crippen LogP contribution in [0.1, 0.15) is 32.3 Å². The molecule has 0 saturated carbocycles. The van der Waals surface area contributed by atoms with Crippen molar-refractivity contribution in [2.45, 2.75) is 56.4 Å². The number of benzene rings is 2. The molecule has 2 aromatic carbocycles. The lowest BCUT2D eigenvalue weighted by molar-refractivity contribution is -0.286. The Labute approximate surface area is 255 Å². The summed E-state index contributed by atoms with van der Waals surface area (Å²) in [4.78, 5) is 27.3. The van der Waals surface area contributed by atoms with Gasteiger partial charge in [0.1, 0.15) is 0 Å². The molecule has 240 valence electrons. The molecule has 0 aromatic heterocycles. The quantitative estimate of drug-likeness (QED) is 0.297. The number of nitriles is 1. The molecule has 15 heteroatoms. The Balaban J connectivity index is 2.00. The molecular weight excluding hydrogens is 600 g/mol. The van der Waals surface area contributed by atoms with Gasteiger partial charge in [-0.15, -0.1) is 8.78 Å². The van der Waals surface area contributed by atoms with E-state index in [1.807, 2.05) is 6.07 Å². The number of amides is 2. The number of fused-ring (bicyclic) bond motifs is 1. The minimum atomic E-state index is -4.40. The Morgan fingerprint density at radius 2 is 1.73 bits per heavy atom. The van der Waals surface area contributed by atoms with Crippen LogP contribution in [0.25, 0.3) is 0 Å². The van der Waals surface area contributed by atoms with E-state index in [9.17, 15) is 31.9 Å². The molecule has 44 heavy (non-hydrogen) atoms. The number of aliphatic hydroxyl groups is 1. The van der Waals surface area contributed by atoms with Gasteiger partial charge in [0.05, 0.1) is 29.7 Å². The number of nitrogens with one attached hydrogen (secondary N) is 1. The van der Waals surface area contributed by atoms with Crippen LogP contribution in [0.4, 0.5) is 8.78 Å². The first-order chi connectivity index (χ1) is 20.6. The molecule has 2 N–H and O–H groups in total. The van der Waals surface area contributed by atoms with Gasteiger partial charge in [-0.3, -0.25) is 15.0 Å². The molecule has 0 saturated heterocycles. The topological polar surface area (TPSA) is 153 Å². The van der Waals surface area contributed by atoms with Crippen LogP contribution in [0.2, 0.25) is 0 Å². The second-order valence-electron chi connectivity index (χ2n) is 11.0. The Morgan fingerprint density at radius 1 is 1.07 bits per heavy atom. The molecule has 0 fully saturated rings. The predicted molar refractivity (Wildman–Crippen MR) is 155 cm³/mol. The van der Waals surface area contributed by atoms with Crippen LogP contribution in [-0.4, -0.2) is 91.7 Å². The number of halogens is 2. The average molecular weight is 638 g/mol. The lowest BCUT2D eigenvalue weighted by Crippen LogP contribution is -2.60. The number of sulfonamides is 1. The highest BCUT2D eigenvalue weighted by molar-refractivity contribution is 7.89. The standard InChI is InChI=1S/C29H37F2N5O7S/c1-20(2)17-35(44(40,41)22-12-13-25-26(16-22)43-29(30,31)42-25)18-24(37)23(15-21-9-6-5-7-10-21)36(28(39)11-8-14-32)33-27(38)19-34(3)4/h5-7,9-10,12-13,16,20,23-24,37H,8,11,15,17-19H2,1-4H3,(H,33,38)/t23-,24+/m0/s1. The fourth-order valence-corrected chi connectivity index (χ4v) is 6.21. The van der Waals surface area contributed by atoms with Crippen molar-refractivity contribution in [3.05, 3.63) is 54.1 Å². The fourth-order valence-electron chi connectivity index (χ4n) is 4.57. The van der Waals surface area contributed by atoms with Crippen molar-refractivity contribution < 1.29 is 41.4 Å². The van der Waals surface area contributed by atoms with Gasteiger partial charge in [0, 0.05) is 32.0 Å². The summed E-state index contributed by atoms with van der Waals surface area (Å²) >= 11 is 0. The third-order valence-electron chi connectivity index (χ3n) is 6.46. The second-order valence-corrected chi connectivity index (χ2v) is 12.9. The van der Waals surface area contributed by atoms with Crippen LogP contribution in [0, 0.1) is 17.2 Å². The number of hydrazine groups is 1. The number of carbonyl (C=O) groups is 2. The number of aliphatic hydroxyl groups excluding tert-OH is 1. The van der Waals surface area contributed by atoms with Crippen molar-refractivity contribution >= 4 is 21.8 Å². The van der Waals surface area contributed by atoms with E-state index >= 15 is 0 Å². The maximum atomic E-state index is 13.8. The summed E-state index contributed by atoms with van der Waals surface area (Å²) in [7, 11) is -1.09. The van der Waals surface area contributed by atoms with Gasteiger partial charge in [-0.05, 0) is 44.1 Å². The minimum absolute atomic E-state index is 0.0250. The molecule has 0 bridgehead atoms. The molecular formula is C29H37F2N5O7S. The molecule has 1 aliphatic rings. The lowest BCUT2D eigenvalue weighted by atomic mass is 9.99. The third kappa shape index (κ3) is 9.33. The van der Waals surface area contributed by atoms with Crippen molar-refractivity contribution in [3.8, 4) is 17.6 Å². The monoisotopic (exact) mass is 637 g/mol. The van der Waals surface area contributed by atoms with E-state index in [1.165, 1.54) is 0 Å². The van der Waals surface area contributed by atoms with Crippen molar-refractivity contribution in [2.75, 3.05) is 33.7 Å². The summed E-state index contributed by atoms with van der Waals surface area (Å²) in [6.45, 7) is 2.84. The van der Waals surface area contributed by atoms with Crippen LogP contribution in [0.3, 0.4) is 0 Å². The zero-order valence-corrected chi connectivity index (χ0v) is 25.8. The predicted octanol–water partition coefficient (Wildman–Crippen LogP) is 2.35. The number of nitrogens with zero attached hydrogens (tertiary/aromatic N) is 4. The SMILES string of the molecule is CC(C)CN(C[C@@H](O)[C@H](Cc1ccccc1)N(NC(=O)CN(C)C)C(=O)CCC#N)S(=O)(=O)c1ccc2c(c1)OC(F)(F)O2. The van der Waals surface area contributed by atoms with E-state index in [2.05, 4.69) is 14.9 Å². The molecule has 0 spiro atoms. The van der Waals surface area contributed by atoms with Crippen molar-refractivity contribution in [1.82, 2.24) is 19.6 Å². The minimum Gasteiger partial charge on any atom is -0.395 e. The molecule has 2 aromatic rings. The van der Waals surface area contributed by atoms with Gasteiger partial charge in [0.25, 0.3) is 5.91 Å². The van der Waals surface area contributed by atoms with Gasteiger partial charge in [-0.1, -0.05) is 44.2 Å². The maximum absolute atomic E-state index is 13.8. The van der Waals surface area contributed by atoms with Crippen LogP contribution in [0.15, 0.2) is 53.4 Å². The molecule has 1 heterocycles. The van der Waals surface area contributed by atoms with E-state index in [4.69, 9.17) is 5.26 Å². The van der Waals surface area contributed by atoms with E-state index in [-0.39, 0.29) is 48.9 Å². The number of alkyl halides is 2. The molecule has 1 aliphatic heterocycles. The molecule has 0 aliphatic carbocycles. The highest BCUT2D eigenvalue weighted by atomic mass is 32.2. The van der Waals surface area contributed by atoms with Crippen molar-refractivity contribution in [2.24, 2.45) is 5.92 Å². The van der Waals surface area contributed by atoms with Crippen molar-refractivity contribution in [1.29, 1.82) is 5.26 Å². The van der Waals surface area contributed by atoms with Crippen LogP contribution in [0.5, 0.6) is 11.5 Å². The van der Waals surface area contributed by atoms with E-state index < -0.39 is 52.6 Å². The van der Waals surface area contributed by atoms with Crippen LogP contribution >= 0.6 is 0 Å². The number of likely N-dealkylation sites (N-methyl/N-ethyl adjacent to an activating group) is 1. The summed E-state index contributed by atoms with van der Waals surface area (Å²) in [6.07, 6.45) is -5.87. The summed E-state index contributed by atoms with van der Waals surface area (Å²) in [5, 5.41) is 21.7. The molecule has 0 radical (unpaired) electrons. The first-order valence-electron chi connectivity index (χ1n) is 13.9. The molecule has 12 nitrogen and oxygen atoms in total. The van der Waals surface area contributed by atoms with Crippen LogP contribution < -0.4 is 14.9 Å². The zero-order chi connectivity index (χ0) is 32.7. The van der Waals surface area contributed by atoms with E-state index in [0.29, 0.717) is 5.56 Å². The highest BCUT2D eigenvalue weighted by Crippen LogP contribution is 2.42. The number of rotatable bonds is 14. The number of ether oxygens (including phenoxy) is 2. The van der Waals surface area contributed by atoms with Crippen molar-refractivity contribution in [3.63, 3.8) is 0 Å².